The highest BCUT2D eigenvalue weighted by Crippen LogP contribution is 2.26. The minimum absolute atomic E-state index is 0.0537. The van der Waals surface area contributed by atoms with E-state index in [1.54, 1.807) is 17.1 Å². The Morgan fingerprint density at radius 2 is 2.08 bits per heavy atom. The molecular formula is C20H25N3O2. The van der Waals surface area contributed by atoms with Crippen LogP contribution in [0, 0.1) is 5.92 Å². The van der Waals surface area contributed by atoms with E-state index in [2.05, 4.69) is 28.1 Å². The summed E-state index contributed by atoms with van der Waals surface area (Å²) in [5, 5.41) is 0. The molecule has 25 heavy (non-hydrogen) atoms. The molecule has 1 saturated heterocycles. The fraction of sp³-hybridized carbons (Fsp3) is 0.500. The molecule has 0 saturated carbocycles. The van der Waals surface area contributed by atoms with E-state index in [0.717, 1.165) is 64.2 Å². The second-order valence-electron chi connectivity index (χ2n) is 7.15. The average molecular weight is 339 g/mol. The topological polar surface area (TPSA) is 47.4 Å². The van der Waals surface area contributed by atoms with Gasteiger partial charge in [0, 0.05) is 31.8 Å². The number of aromatic nitrogens is 2. The molecule has 0 radical (unpaired) electrons. The number of nitrogens with zero attached hydrogens (tertiary/aromatic N) is 3. The molecule has 0 spiro atoms. The van der Waals surface area contributed by atoms with E-state index in [9.17, 15) is 4.79 Å². The molecule has 2 aromatic rings. The molecule has 0 unspecified atom stereocenters. The van der Waals surface area contributed by atoms with Gasteiger partial charge in [0.1, 0.15) is 5.75 Å². The van der Waals surface area contributed by atoms with Crippen molar-refractivity contribution in [3.63, 3.8) is 0 Å². The third-order valence-electron chi connectivity index (χ3n) is 5.42. The molecule has 1 aromatic heterocycles. The maximum Gasteiger partial charge on any atom is 0.253 e. The summed E-state index contributed by atoms with van der Waals surface area (Å²) in [6, 6.07) is 8.17. The third kappa shape index (κ3) is 3.93. The summed E-state index contributed by atoms with van der Waals surface area (Å²) in [6.07, 6.45) is 7.67. The molecule has 1 aromatic carbocycles. The Kier molecular flexibility index (Phi) is 4.83. The fourth-order valence-electron chi connectivity index (χ4n) is 3.87. The molecule has 1 fully saturated rings. The van der Waals surface area contributed by atoms with Crippen molar-refractivity contribution in [3.8, 4) is 5.75 Å². The van der Waals surface area contributed by atoms with E-state index in [1.165, 1.54) is 17.2 Å². The Hall–Kier alpha value is -2.14. The van der Waals surface area contributed by atoms with Gasteiger partial charge in [-0.05, 0) is 55.5 Å². The van der Waals surface area contributed by atoms with E-state index in [4.69, 9.17) is 4.74 Å². The summed E-state index contributed by atoms with van der Waals surface area (Å²) in [5.41, 5.74) is 2.82. The SMILES string of the molecule is O=c1ccncn1CC1CCN(CCc2ccc3c(c2)CCO3)CC1. The number of hydrogen-bond donors (Lipinski definition) is 0. The zero-order chi connectivity index (χ0) is 17.1. The monoisotopic (exact) mass is 339 g/mol. The van der Waals surface area contributed by atoms with Crippen molar-refractivity contribution in [3.05, 3.63) is 58.3 Å². The molecule has 0 N–H and O–H groups in total. The van der Waals surface area contributed by atoms with E-state index in [0.29, 0.717) is 5.92 Å². The van der Waals surface area contributed by atoms with E-state index < -0.39 is 0 Å². The highest BCUT2D eigenvalue weighted by molar-refractivity contribution is 5.39. The number of fused-ring (bicyclic) bond motifs is 1. The van der Waals surface area contributed by atoms with Gasteiger partial charge in [0.2, 0.25) is 0 Å². The van der Waals surface area contributed by atoms with Gasteiger partial charge in [-0.1, -0.05) is 12.1 Å². The van der Waals surface area contributed by atoms with Crippen LogP contribution in [0.1, 0.15) is 24.0 Å². The molecule has 0 atom stereocenters. The Morgan fingerprint density at radius 1 is 1.20 bits per heavy atom. The molecule has 5 heteroatoms. The second kappa shape index (κ2) is 7.40. The highest BCUT2D eigenvalue weighted by Gasteiger charge is 2.20. The molecule has 3 heterocycles. The first kappa shape index (κ1) is 16.3. The number of ether oxygens (including phenoxy) is 1. The Bertz CT molecular complexity index is 779. The Morgan fingerprint density at radius 3 is 2.92 bits per heavy atom. The van der Waals surface area contributed by atoms with Gasteiger partial charge in [0.15, 0.2) is 0 Å². The van der Waals surface area contributed by atoms with E-state index in [-0.39, 0.29) is 5.56 Å². The van der Waals surface area contributed by atoms with Gasteiger partial charge >= 0.3 is 0 Å². The average Bonchev–Trinajstić information content (AvgIpc) is 3.11. The fourth-order valence-corrected chi connectivity index (χ4v) is 3.87. The zero-order valence-corrected chi connectivity index (χ0v) is 14.6. The van der Waals surface area contributed by atoms with Crippen molar-refractivity contribution in [2.24, 2.45) is 5.92 Å². The van der Waals surface area contributed by atoms with Crippen LogP contribution in [0.25, 0.3) is 0 Å². The summed E-state index contributed by atoms with van der Waals surface area (Å²) < 4.78 is 7.32. The van der Waals surface area contributed by atoms with Gasteiger partial charge < -0.3 is 9.64 Å². The lowest BCUT2D eigenvalue weighted by Gasteiger charge is -2.32. The van der Waals surface area contributed by atoms with Crippen molar-refractivity contribution >= 4 is 0 Å². The lowest BCUT2D eigenvalue weighted by Crippen LogP contribution is -2.37. The Labute approximate surface area is 148 Å². The molecule has 0 aliphatic carbocycles. The number of likely N-dealkylation sites (tertiary alicyclic amines) is 1. The first-order valence-electron chi connectivity index (χ1n) is 9.25. The van der Waals surface area contributed by atoms with Crippen molar-refractivity contribution in [1.82, 2.24) is 14.5 Å². The molecule has 0 bridgehead atoms. The zero-order valence-electron chi connectivity index (χ0n) is 14.6. The normalized spacial score (nSPS) is 18.1. The Balaban J connectivity index is 1.25. The smallest absolute Gasteiger partial charge is 0.253 e. The molecule has 4 rings (SSSR count). The second-order valence-corrected chi connectivity index (χ2v) is 7.15. The van der Waals surface area contributed by atoms with Gasteiger partial charge in [0.25, 0.3) is 5.56 Å². The minimum atomic E-state index is 0.0537. The third-order valence-corrected chi connectivity index (χ3v) is 5.42. The summed E-state index contributed by atoms with van der Waals surface area (Å²) in [7, 11) is 0. The summed E-state index contributed by atoms with van der Waals surface area (Å²) >= 11 is 0. The van der Waals surface area contributed by atoms with Gasteiger partial charge in [-0.25, -0.2) is 4.98 Å². The van der Waals surface area contributed by atoms with Crippen LogP contribution in [0.15, 0.2) is 41.6 Å². The number of hydrogen-bond acceptors (Lipinski definition) is 4. The molecule has 2 aliphatic heterocycles. The van der Waals surface area contributed by atoms with Crippen molar-refractivity contribution < 1.29 is 4.74 Å². The summed E-state index contributed by atoms with van der Waals surface area (Å²) in [4.78, 5) is 18.4. The van der Waals surface area contributed by atoms with Gasteiger partial charge in [-0.3, -0.25) is 9.36 Å². The largest absolute Gasteiger partial charge is 0.493 e. The lowest BCUT2D eigenvalue weighted by molar-refractivity contribution is 0.174. The van der Waals surface area contributed by atoms with Crippen LogP contribution in [0.5, 0.6) is 5.75 Å². The molecule has 132 valence electrons. The van der Waals surface area contributed by atoms with Crippen LogP contribution in [-0.4, -0.2) is 40.7 Å². The summed E-state index contributed by atoms with van der Waals surface area (Å²) in [5.74, 6) is 1.64. The highest BCUT2D eigenvalue weighted by atomic mass is 16.5. The number of piperidine rings is 1. The van der Waals surface area contributed by atoms with Crippen molar-refractivity contribution in [1.29, 1.82) is 0 Å². The van der Waals surface area contributed by atoms with Crippen LogP contribution in [-0.2, 0) is 19.4 Å². The predicted molar refractivity (Wildman–Crippen MR) is 97.0 cm³/mol. The van der Waals surface area contributed by atoms with Gasteiger partial charge in [-0.2, -0.15) is 0 Å². The quantitative estimate of drug-likeness (QED) is 0.837. The number of benzene rings is 1. The molecule has 0 amide bonds. The van der Waals surface area contributed by atoms with Crippen molar-refractivity contribution in [2.75, 3.05) is 26.2 Å². The standard InChI is InChI=1S/C20H25N3O2/c24-20-3-8-21-15-23(20)14-17-5-10-22(11-6-17)9-4-16-1-2-19-18(13-16)7-12-25-19/h1-3,8,13,15,17H,4-7,9-12,14H2. The predicted octanol–water partition coefficient (Wildman–Crippen LogP) is 2.13. The van der Waals surface area contributed by atoms with Gasteiger partial charge in [-0.15, -0.1) is 0 Å². The minimum Gasteiger partial charge on any atom is -0.493 e. The van der Waals surface area contributed by atoms with Crippen molar-refractivity contribution in [2.45, 2.75) is 32.2 Å². The van der Waals surface area contributed by atoms with Gasteiger partial charge in [0.05, 0.1) is 12.9 Å². The number of rotatable bonds is 5. The molecular weight excluding hydrogens is 314 g/mol. The van der Waals surface area contributed by atoms with Crippen LogP contribution in [0.4, 0.5) is 0 Å². The molecule has 5 nitrogen and oxygen atoms in total. The first-order chi connectivity index (χ1) is 12.3. The van der Waals surface area contributed by atoms with Crippen LogP contribution < -0.4 is 10.3 Å². The van der Waals surface area contributed by atoms with Crippen LogP contribution >= 0.6 is 0 Å². The van der Waals surface area contributed by atoms with E-state index in [1.807, 2.05) is 0 Å². The first-order valence-corrected chi connectivity index (χ1v) is 9.25. The van der Waals surface area contributed by atoms with Crippen LogP contribution in [0.3, 0.4) is 0 Å². The maximum absolute atomic E-state index is 11.8. The molecule has 2 aliphatic rings. The summed E-state index contributed by atoms with van der Waals surface area (Å²) in [6.45, 7) is 4.97. The maximum atomic E-state index is 11.8. The van der Waals surface area contributed by atoms with E-state index >= 15 is 0 Å². The lowest BCUT2D eigenvalue weighted by atomic mass is 9.96. The van der Waals surface area contributed by atoms with Crippen LogP contribution in [0.2, 0.25) is 0 Å².